The quantitative estimate of drug-likeness (QED) is 0.643. The van der Waals surface area contributed by atoms with Crippen molar-refractivity contribution in [3.63, 3.8) is 0 Å². The van der Waals surface area contributed by atoms with Gasteiger partial charge in [-0.2, -0.15) is 0 Å². The lowest BCUT2D eigenvalue weighted by molar-refractivity contribution is -0.136. The molecule has 6 nitrogen and oxygen atoms in total. The van der Waals surface area contributed by atoms with Crippen molar-refractivity contribution >= 4 is 43.9 Å². The van der Waals surface area contributed by atoms with Crippen LogP contribution in [0.15, 0.2) is 32.3 Å². The second-order valence-corrected chi connectivity index (χ2v) is 6.16. The topological polar surface area (TPSA) is 87.7 Å². The summed E-state index contributed by atoms with van der Waals surface area (Å²) in [4.78, 5) is 23.7. The second-order valence-electron chi connectivity index (χ2n) is 4.39. The number of methoxy groups -OCH3 is 1. The van der Waals surface area contributed by atoms with Crippen LogP contribution in [0.5, 0.6) is 5.75 Å². The molecular formula is C13H12Br2N2O4. The number of rotatable bonds is 2. The Balaban J connectivity index is 2.62. The molecule has 21 heavy (non-hydrogen) atoms. The Labute approximate surface area is 137 Å². The number of carbonyl (C=O) groups is 2. The third-order valence-corrected chi connectivity index (χ3v) is 4.11. The Bertz CT molecular complexity index is 658. The number of phenols is 1. The lowest BCUT2D eigenvalue weighted by Crippen LogP contribution is -2.45. The van der Waals surface area contributed by atoms with Gasteiger partial charge in [-0.05, 0) is 35.0 Å². The SMILES string of the molecule is COC(=O)C1=C(C)NC(=O)N[C@@H]1c1cc(Br)cc(Br)c1O. The van der Waals surface area contributed by atoms with E-state index in [9.17, 15) is 14.7 Å². The van der Waals surface area contributed by atoms with E-state index in [2.05, 4.69) is 42.5 Å². The Hall–Kier alpha value is -1.54. The van der Waals surface area contributed by atoms with Crippen molar-refractivity contribution in [1.82, 2.24) is 10.6 Å². The highest BCUT2D eigenvalue weighted by atomic mass is 79.9. The molecule has 112 valence electrons. The van der Waals surface area contributed by atoms with Crippen molar-refractivity contribution in [3.8, 4) is 5.75 Å². The van der Waals surface area contributed by atoms with Crippen LogP contribution < -0.4 is 10.6 Å². The Morgan fingerprint density at radius 3 is 2.67 bits per heavy atom. The summed E-state index contributed by atoms with van der Waals surface area (Å²) in [5.41, 5.74) is 0.995. The zero-order valence-electron chi connectivity index (χ0n) is 11.2. The van der Waals surface area contributed by atoms with E-state index in [4.69, 9.17) is 4.74 Å². The van der Waals surface area contributed by atoms with Crippen molar-refractivity contribution in [1.29, 1.82) is 0 Å². The fourth-order valence-corrected chi connectivity index (χ4v) is 3.37. The van der Waals surface area contributed by atoms with Gasteiger partial charge < -0.3 is 20.5 Å². The number of ether oxygens (including phenoxy) is 1. The zero-order valence-corrected chi connectivity index (χ0v) is 14.3. The molecule has 0 bridgehead atoms. The number of urea groups is 1. The summed E-state index contributed by atoms with van der Waals surface area (Å²) in [6.07, 6.45) is 0. The molecule has 1 heterocycles. The first-order valence-electron chi connectivity index (χ1n) is 5.89. The van der Waals surface area contributed by atoms with E-state index in [1.165, 1.54) is 7.11 Å². The van der Waals surface area contributed by atoms with E-state index >= 15 is 0 Å². The molecule has 2 amide bonds. The molecule has 1 aromatic carbocycles. The average Bonchev–Trinajstić information content (AvgIpc) is 2.41. The fraction of sp³-hybridized carbons (Fsp3) is 0.231. The van der Waals surface area contributed by atoms with Gasteiger partial charge in [-0.3, -0.25) is 0 Å². The van der Waals surface area contributed by atoms with E-state index < -0.39 is 18.0 Å². The second kappa shape index (κ2) is 6.07. The maximum absolute atomic E-state index is 12.0. The molecule has 1 aliphatic rings. The Kier molecular flexibility index (Phi) is 4.58. The van der Waals surface area contributed by atoms with Gasteiger partial charge in [-0.25, -0.2) is 9.59 Å². The molecule has 0 saturated carbocycles. The van der Waals surface area contributed by atoms with Gasteiger partial charge in [0.2, 0.25) is 0 Å². The molecule has 0 aliphatic carbocycles. The van der Waals surface area contributed by atoms with Crippen LogP contribution in [0.2, 0.25) is 0 Å². The number of hydrogen-bond donors (Lipinski definition) is 3. The van der Waals surface area contributed by atoms with E-state index in [1.54, 1.807) is 19.1 Å². The number of halogens is 2. The molecule has 1 atom stereocenters. The van der Waals surface area contributed by atoms with Crippen LogP contribution in [-0.2, 0) is 9.53 Å². The Morgan fingerprint density at radius 1 is 1.38 bits per heavy atom. The monoisotopic (exact) mass is 418 g/mol. The molecule has 2 rings (SSSR count). The highest BCUT2D eigenvalue weighted by Gasteiger charge is 2.33. The predicted molar refractivity (Wildman–Crippen MR) is 82.6 cm³/mol. The molecule has 0 radical (unpaired) electrons. The van der Waals surface area contributed by atoms with E-state index in [1.807, 2.05) is 0 Å². The van der Waals surface area contributed by atoms with Gasteiger partial charge >= 0.3 is 12.0 Å². The number of phenolic OH excluding ortho intramolecular Hbond substituents is 1. The van der Waals surface area contributed by atoms with Gasteiger partial charge in [0.25, 0.3) is 0 Å². The van der Waals surface area contributed by atoms with E-state index in [0.717, 1.165) is 0 Å². The first-order valence-corrected chi connectivity index (χ1v) is 7.48. The third-order valence-electron chi connectivity index (χ3n) is 3.04. The van der Waals surface area contributed by atoms with Gasteiger partial charge in [0.1, 0.15) is 5.75 Å². The minimum atomic E-state index is -0.806. The number of amides is 2. The summed E-state index contributed by atoms with van der Waals surface area (Å²) in [6, 6.07) is 2.03. The summed E-state index contributed by atoms with van der Waals surface area (Å²) in [7, 11) is 1.26. The van der Waals surface area contributed by atoms with Crippen LogP contribution in [0.3, 0.4) is 0 Å². The smallest absolute Gasteiger partial charge is 0.337 e. The summed E-state index contributed by atoms with van der Waals surface area (Å²) in [5, 5.41) is 15.3. The molecule has 0 unspecified atom stereocenters. The zero-order chi connectivity index (χ0) is 15.7. The average molecular weight is 420 g/mol. The van der Waals surface area contributed by atoms with Crippen LogP contribution in [0.1, 0.15) is 18.5 Å². The van der Waals surface area contributed by atoms with E-state index in [-0.39, 0.29) is 11.3 Å². The highest BCUT2D eigenvalue weighted by Crippen LogP contribution is 2.39. The number of allylic oxidation sites excluding steroid dienone is 1. The van der Waals surface area contributed by atoms with E-state index in [0.29, 0.717) is 20.2 Å². The van der Waals surface area contributed by atoms with Crippen LogP contribution >= 0.6 is 31.9 Å². The molecule has 8 heteroatoms. The molecule has 0 saturated heterocycles. The van der Waals surface area contributed by atoms with Crippen molar-refractivity contribution in [2.75, 3.05) is 7.11 Å². The number of carbonyl (C=O) groups excluding carboxylic acids is 2. The van der Waals surface area contributed by atoms with Gasteiger partial charge in [0.15, 0.2) is 0 Å². The normalized spacial score (nSPS) is 18.1. The molecular weight excluding hydrogens is 408 g/mol. The Morgan fingerprint density at radius 2 is 2.05 bits per heavy atom. The number of benzene rings is 1. The van der Waals surface area contributed by atoms with Gasteiger partial charge in [0, 0.05) is 15.7 Å². The van der Waals surface area contributed by atoms with Gasteiger partial charge in [0.05, 0.1) is 23.2 Å². The predicted octanol–water partition coefficient (Wildman–Crippen LogP) is 2.72. The van der Waals surface area contributed by atoms with Crippen LogP contribution in [0, 0.1) is 0 Å². The summed E-state index contributed by atoms with van der Waals surface area (Å²) >= 11 is 6.54. The van der Waals surface area contributed by atoms with Crippen molar-refractivity contribution < 1.29 is 19.4 Å². The van der Waals surface area contributed by atoms with Gasteiger partial charge in [-0.15, -0.1) is 0 Å². The highest BCUT2D eigenvalue weighted by molar-refractivity contribution is 9.11. The minimum absolute atomic E-state index is 0.0559. The third kappa shape index (κ3) is 3.06. The molecule has 0 aromatic heterocycles. The molecule has 1 aliphatic heterocycles. The summed E-state index contributed by atoms with van der Waals surface area (Å²) in [6.45, 7) is 1.60. The van der Waals surface area contributed by atoms with Crippen molar-refractivity contribution in [3.05, 3.63) is 37.9 Å². The molecule has 3 N–H and O–H groups in total. The van der Waals surface area contributed by atoms with Crippen LogP contribution in [0.4, 0.5) is 4.79 Å². The molecule has 0 fully saturated rings. The van der Waals surface area contributed by atoms with Gasteiger partial charge in [-0.1, -0.05) is 15.9 Å². The largest absolute Gasteiger partial charge is 0.506 e. The maximum Gasteiger partial charge on any atom is 0.337 e. The number of nitrogens with one attached hydrogen (secondary N) is 2. The van der Waals surface area contributed by atoms with Crippen molar-refractivity contribution in [2.45, 2.75) is 13.0 Å². The van der Waals surface area contributed by atoms with Crippen molar-refractivity contribution in [2.24, 2.45) is 0 Å². The first kappa shape index (κ1) is 15.8. The number of hydrogen-bond acceptors (Lipinski definition) is 4. The number of esters is 1. The summed E-state index contributed by atoms with van der Waals surface area (Å²) < 4.78 is 5.89. The minimum Gasteiger partial charge on any atom is -0.506 e. The maximum atomic E-state index is 12.0. The summed E-state index contributed by atoms with van der Waals surface area (Å²) in [5.74, 6) is -0.639. The standard InChI is InChI=1S/C13H12Br2N2O4/c1-5-9(12(19)21-2)10(17-13(20)16-5)7-3-6(14)4-8(15)11(7)18/h3-4,10,18H,1-2H3,(H2,16,17,20)/t10-/m1/s1. The van der Waals surface area contributed by atoms with Crippen LogP contribution in [-0.4, -0.2) is 24.2 Å². The lowest BCUT2D eigenvalue weighted by atomic mass is 9.95. The molecule has 0 spiro atoms. The van der Waals surface area contributed by atoms with Crippen LogP contribution in [0.25, 0.3) is 0 Å². The fourth-order valence-electron chi connectivity index (χ4n) is 2.11. The first-order chi connectivity index (χ1) is 9.85. The lowest BCUT2D eigenvalue weighted by Gasteiger charge is -2.28. The number of aromatic hydroxyl groups is 1. The molecule has 1 aromatic rings.